The Hall–Kier alpha value is -2.64. The quantitative estimate of drug-likeness (QED) is 0.775. The first-order chi connectivity index (χ1) is 15.5. The second-order valence-corrected chi connectivity index (χ2v) is 9.32. The number of likely N-dealkylation sites (tertiary alicyclic amines) is 1. The van der Waals surface area contributed by atoms with Gasteiger partial charge >= 0.3 is 0 Å². The van der Waals surface area contributed by atoms with Gasteiger partial charge in [-0.3, -0.25) is 19.3 Å². The van der Waals surface area contributed by atoms with Crippen molar-refractivity contribution >= 4 is 11.6 Å². The van der Waals surface area contributed by atoms with Gasteiger partial charge in [-0.05, 0) is 44.3 Å². The normalized spacial score (nSPS) is 20.1. The van der Waals surface area contributed by atoms with Gasteiger partial charge in [0.25, 0.3) is 5.56 Å². The van der Waals surface area contributed by atoms with Crippen molar-refractivity contribution in [2.45, 2.75) is 51.6 Å². The number of ether oxygens (including phenoxy) is 1. The molecule has 2 aromatic rings. The number of piperidine rings is 1. The highest BCUT2D eigenvalue weighted by molar-refractivity contribution is 6.02. The molecule has 1 aromatic heterocycles. The van der Waals surface area contributed by atoms with Crippen molar-refractivity contribution in [3.05, 3.63) is 62.8 Å². The maximum atomic E-state index is 13.2. The minimum absolute atomic E-state index is 0.143. The minimum Gasteiger partial charge on any atom is -0.376 e. The zero-order chi connectivity index (χ0) is 22.1. The number of nitrogens with zero attached hydrogens (tertiary/aromatic N) is 2. The number of nitrogens with one attached hydrogen (secondary N) is 1. The number of benzene rings is 1. The highest BCUT2D eigenvalue weighted by Crippen LogP contribution is 2.43. The Kier molecular flexibility index (Phi) is 5.78. The first-order valence-corrected chi connectivity index (χ1v) is 11.6. The maximum Gasteiger partial charge on any atom is 0.256 e. The number of Topliss-reactive ketones (excluding diaryl/α,β-unsaturated/α-hetero) is 2. The summed E-state index contributed by atoms with van der Waals surface area (Å²) < 4.78 is 5.32. The molecule has 0 unspecified atom stereocenters. The van der Waals surface area contributed by atoms with E-state index < -0.39 is 0 Å². The molecule has 0 atom stereocenters. The summed E-state index contributed by atoms with van der Waals surface area (Å²) in [7, 11) is 0. The molecule has 2 aliphatic heterocycles. The molecule has 1 saturated heterocycles. The van der Waals surface area contributed by atoms with Crippen LogP contribution in [0.3, 0.4) is 0 Å². The van der Waals surface area contributed by atoms with Gasteiger partial charge in [0.15, 0.2) is 5.78 Å². The monoisotopic (exact) mass is 435 g/mol. The standard InChI is InChI=1S/C25H29N3O4/c29-18(5-6-22-26-21-8-14-32-16-20(21)24(31)27-22)15-28-12-10-25(11-13-28)9-7-17-3-1-2-4-19(17)23(25)30/h1-4H,5-16H2,(H,26,27,31). The van der Waals surface area contributed by atoms with Crippen LogP contribution in [0.1, 0.15) is 58.7 Å². The Labute approximate surface area is 187 Å². The van der Waals surface area contributed by atoms with Gasteiger partial charge in [0.1, 0.15) is 11.6 Å². The fraction of sp³-hybridized carbons (Fsp3) is 0.520. The topological polar surface area (TPSA) is 92.4 Å². The predicted octanol–water partition coefficient (Wildman–Crippen LogP) is 2.26. The highest BCUT2D eigenvalue weighted by Gasteiger charge is 2.44. The highest BCUT2D eigenvalue weighted by atomic mass is 16.5. The number of H-pyrrole nitrogens is 1. The van der Waals surface area contributed by atoms with Crippen LogP contribution in [0.5, 0.6) is 0 Å². The fourth-order valence-corrected chi connectivity index (χ4v) is 5.35. The third kappa shape index (κ3) is 4.07. The van der Waals surface area contributed by atoms with E-state index in [0.29, 0.717) is 50.4 Å². The summed E-state index contributed by atoms with van der Waals surface area (Å²) in [6.07, 6.45) is 4.93. The van der Waals surface area contributed by atoms with E-state index in [1.165, 1.54) is 5.56 Å². The summed E-state index contributed by atoms with van der Waals surface area (Å²) in [5, 5.41) is 0. The number of hydrogen-bond acceptors (Lipinski definition) is 6. The molecule has 1 aliphatic carbocycles. The van der Waals surface area contributed by atoms with Crippen LogP contribution in [0.4, 0.5) is 0 Å². The van der Waals surface area contributed by atoms with E-state index in [1.54, 1.807) is 0 Å². The molecule has 7 heteroatoms. The molecule has 1 fully saturated rings. The van der Waals surface area contributed by atoms with E-state index in [1.807, 2.05) is 18.2 Å². The van der Waals surface area contributed by atoms with Crippen molar-refractivity contribution in [2.24, 2.45) is 5.41 Å². The van der Waals surface area contributed by atoms with E-state index in [4.69, 9.17) is 4.74 Å². The first-order valence-electron chi connectivity index (χ1n) is 11.6. The van der Waals surface area contributed by atoms with Crippen molar-refractivity contribution in [3.63, 3.8) is 0 Å². The van der Waals surface area contributed by atoms with Crippen LogP contribution in [0.2, 0.25) is 0 Å². The van der Waals surface area contributed by atoms with Crippen LogP contribution in [0, 0.1) is 5.41 Å². The lowest BCUT2D eigenvalue weighted by Gasteiger charge is -2.43. The number of fused-ring (bicyclic) bond motifs is 2. The Morgan fingerprint density at radius 3 is 2.78 bits per heavy atom. The number of carbonyl (C=O) groups is 2. The molecule has 3 aliphatic rings. The molecule has 32 heavy (non-hydrogen) atoms. The molecule has 0 bridgehead atoms. The third-order valence-corrected chi connectivity index (χ3v) is 7.35. The summed E-state index contributed by atoms with van der Waals surface area (Å²) in [5.41, 5.74) is 3.04. The zero-order valence-electron chi connectivity index (χ0n) is 18.3. The van der Waals surface area contributed by atoms with Gasteiger partial charge in [0, 0.05) is 30.2 Å². The number of rotatable bonds is 5. The lowest BCUT2D eigenvalue weighted by Crippen LogP contribution is -2.47. The lowest BCUT2D eigenvalue weighted by molar-refractivity contribution is -0.120. The van der Waals surface area contributed by atoms with Gasteiger partial charge in [0.05, 0.1) is 31.0 Å². The Balaban J connectivity index is 1.14. The Bertz CT molecular complexity index is 1100. The second kappa shape index (κ2) is 8.71. The summed E-state index contributed by atoms with van der Waals surface area (Å²) in [6.45, 7) is 2.82. The van der Waals surface area contributed by atoms with Crippen LogP contribution in [0.15, 0.2) is 29.1 Å². The number of carbonyl (C=O) groups excluding carboxylic acids is 2. The van der Waals surface area contributed by atoms with Crippen molar-refractivity contribution < 1.29 is 14.3 Å². The Morgan fingerprint density at radius 1 is 1.12 bits per heavy atom. The number of aromatic amines is 1. The molecule has 3 heterocycles. The van der Waals surface area contributed by atoms with Crippen LogP contribution in [-0.4, -0.2) is 52.7 Å². The molecule has 1 aromatic carbocycles. The van der Waals surface area contributed by atoms with Crippen LogP contribution < -0.4 is 5.56 Å². The van der Waals surface area contributed by atoms with Crippen molar-refractivity contribution in [1.29, 1.82) is 0 Å². The second-order valence-electron chi connectivity index (χ2n) is 9.32. The molecule has 0 saturated carbocycles. The smallest absolute Gasteiger partial charge is 0.256 e. The number of hydrogen-bond donors (Lipinski definition) is 1. The van der Waals surface area contributed by atoms with E-state index in [-0.39, 0.29) is 22.5 Å². The van der Waals surface area contributed by atoms with Crippen LogP contribution >= 0.6 is 0 Å². The first kappa shape index (κ1) is 21.2. The number of aryl methyl sites for hydroxylation is 2. The molecule has 7 nitrogen and oxygen atoms in total. The van der Waals surface area contributed by atoms with Crippen molar-refractivity contribution in [3.8, 4) is 0 Å². The van der Waals surface area contributed by atoms with E-state index in [0.717, 1.165) is 50.0 Å². The molecular formula is C25H29N3O4. The van der Waals surface area contributed by atoms with Gasteiger partial charge in [-0.2, -0.15) is 0 Å². The van der Waals surface area contributed by atoms with E-state index in [2.05, 4.69) is 20.9 Å². The number of ketones is 2. The maximum absolute atomic E-state index is 13.2. The molecule has 0 radical (unpaired) electrons. The van der Waals surface area contributed by atoms with Crippen LogP contribution in [0.25, 0.3) is 0 Å². The molecule has 5 rings (SSSR count). The van der Waals surface area contributed by atoms with Gasteiger partial charge < -0.3 is 9.72 Å². The van der Waals surface area contributed by atoms with E-state index in [9.17, 15) is 14.4 Å². The molecular weight excluding hydrogens is 406 g/mol. The van der Waals surface area contributed by atoms with Gasteiger partial charge in [-0.1, -0.05) is 24.3 Å². The van der Waals surface area contributed by atoms with E-state index >= 15 is 0 Å². The molecule has 1 N–H and O–H groups in total. The summed E-state index contributed by atoms with van der Waals surface area (Å²) in [5.74, 6) is 1.01. The van der Waals surface area contributed by atoms with Gasteiger partial charge in [-0.25, -0.2) is 4.98 Å². The molecule has 0 amide bonds. The lowest BCUT2D eigenvalue weighted by atomic mass is 9.65. The Morgan fingerprint density at radius 2 is 1.94 bits per heavy atom. The summed E-state index contributed by atoms with van der Waals surface area (Å²) in [6, 6.07) is 7.97. The van der Waals surface area contributed by atoms with Crippen LogP contribution in [-0.2, 0) is 35.4 Å². The predicted molar refractivity (Wildman–Crippen MR) is 119 cm³/mol. The average molecular weight is 436 g/mol. The molecule has 168 valence electrons. The zero-order valence-corrected chi connectivity index (χ0v) is 18.3. The van der Waals surface area contributed by atoms with Gasteiger partial charge in [-0.15, -0.1) is 0 Å². The molecule has 1 spiro atoms. The average Bonchev–Trinajstić information content (AvgIpc) is 2.82. The van der Waals surface area contributed by atoms with Crippen molar-refractivity contribution in [1.82, 2.24) is 14.9 Å². The SMILES string of the molecule is O=C(CCc1nc2c(c(=O)[nH]1)COCC2)CN1CCC2(CCc3ccccc3C2=O)CC1. The summed E-state index contributed by atoms with van der Waals surface area (Å²) in [4.78, 5) is 47.5. The van der Waals surface area contributed by atoms with Gasteiger partial charge in [0.2, 0.25) is 0 Å². The van der Waals surface area contributed by atoms with Crippen molar-refractivity contribution in [2.75, 3.05) is 26.2 Å². The minimum atomic E-state index is -0.260. The largest absolute Gasteiger partial charge is 0.376 e. The summed E-state index contributed by atoms with van der Waals surface area (Å²) >= 11 is 0. The third-order valence-electron chi connectivity index (χ3n) is 7.35. The fourth-order valence-electron chi connectivity index (χ4n) is 5.35. The number of aromatic nitrogens is 2.